The molecule has 1 unspecified atom stereocenters. The molecule has 0 bridgehead atoms. The second-order valence-electron chi connectivity index (χ2n) is 5.93. The fraction of sp³-hybridized carbons (Fsp3) is 0.412. The van der Waals surface area contributed by atoms with Crippen LogP contribution in [0.3, 0.4) is 0 Å². The molecule has 2 heterocycles. The fourth-order valence-electron chi connectivity index (χ4n) is 3.01. The number of hydrogen-bond acceptors (Lipinski definition) is 4. The molecule has 130 valence electrons. The zero-order chi connectivity index (χ0) is 17.0. The predicted octanol–water partition coefficient (Wildman–Crippen LogP) is 2.92. The van der Waals surface area contributed by atoms with Crippen LogP contribution in [0, 0.1) is 5.82 Å². The molecule has 1 aromatic heterocycles. The summed E-state index contributed by atoms with van der Waals surface area (Å²) in [6.07, 6.45) is 4.99. The van der Waals surface area contributed by atoms with Crippen LogP contribution in [-0.2, 0) is 10.0 Å². The minimum absolute atomic E-state index is 0.0562. The lowest BCUT2D eigenvalue weighted by Crippen LogP contribution is -2.40. The summed E-state index contributed by atoms with van der Waals surface area (Å²) in [6.45, 7) is 2.06. The van der Waals surface area contributed by atoms with E-state index in [0.29, 0.717) is 0 Å². The number of hydrogen-bond donors (Lipinski definition) is 1. The van der Waals surface area contributed by atoms with E-state index in [0.717, 1.165) is 43.8 Å². The van der Waals surface area contributed by atoms with Crippen molar-refractivity contribution in [3.05, 3.63) is 54.2 Å². The molecule has 5 nitrogen and oxygen atoms in total. The molecular formula is C17H21FN2O3S. The van der Waals surface area contributed by atoms with E-state index >= 15 is 0 Å². The number of rotatable bonds is 6. The quantitative estimate of drug-likeness (QED) is 0.868. The minimum Gasteiger partial charge on any atom is -0.468 e. The number of furan rings is 1. The van der Waals surface area contributed by atoms with Crippen molar-refractivity contribution in [1.29, 1.82) is 0 Å². The van der Waals surface area contributed by atoms with Gasteiger partial charge in [-0.3, -0.25) is 4.90 Å². The first-order valence-corrected chi connectivity index (χ1v) is 9.57. The Morgan fingerprint density at radius 1 is 1.12 bits per heavy atom. The third-order valence-corrected chi connectivity index (χ3v) is 5.73. The van der Waals surface area contributed by atoms with Crippen molar-refractivity contribution in [3.8, 4) is 0 Å². The molecule has 1 N–H and O–H groups in total. The van der Waals surface area contributed by atoms with Crippen LogP contribution in [0.4, 0.5) is 4.39 Å². The number of halogens is 1. The van der Waals surface area contributed by atoms with Crippen LogP contribution in [0.1, 0.15) is 31.1 Å². The van der Waals surface area contributed by atoms with E-state index in [9.17, 15) is 12.8 Å². The van der Waals surface area contributed by atoms with Crippen molar-refractivity contribution in [2.24, 2.45) is 0 Å². The van der Waals surface area contributed by atoms with Gasteiger partial charge in [0.1, 0.15) is 11.6 Å². The highest BCUT2D eigenvalue weighted by Gasteiger charge is 2.26. The highest BCUT2D eigenvalue weighted by atomic mass is 32.2. The predicted molar refractivity (Wildman–Crippen MR) is 88.5 cm³/mol. The third kappa shape index (κ3) is 4.03. The van der Waals surface area contributed by atoms with E-state index in [4.69, 9.17) is 4.42 Å². The molecular weight excluding hydrogens is 331 g/mol. The third-order valence-electron chi connectivity index (χ3n) is 4.29. The average Bonchev–Trinajstić information content (AvgIpc) is 3.11. The maximum absolute atomic E-state index is 13.0. The second-order valence-corrected chi connectivity index (χ2v) is 7.70. The molecule has 0 aliphatic carbocycles. The van der Waals surface area contributed by atoms with Gasteiger partial charge in [-0.25, -0.2) is 17.5 Å². The molecule has 7 heteroatoms. The number of benzene rings is 1. The van der Waals surface area contributed by atoms with Gasteiger partial charge in [0.05, 0.1) is 17.2 Å². The van der Waals surface area contributed by atoms with Crippen molar-refractivity contribution < 1.29 is 17.2 Å². The van der Waals surface area contributed by atoms with Crippen LogP contribution in [0.2, 0.25) is 0 Å². The lowest BCUT2D eigenvalue weighted by Gasteiger charge is -2.33. The molecule has 24 heavy (non-hydrogen) atoms. The van der Waals surface area contributed by atoms with Gasteiger partial charge < -0.3 is 4.42 Å². The fourth-order valence-corrected chi connectivity index (χ4v) is 4.04. The van der Waals surface area contributed by atoms with E-state index in [1.54, 1.807) is 12.3 Å². The molecule has 1 saturated heterocycles. The van der Waals surface area contributed by atoms with Crippen LogP contribution in [-0.4, -0.2) is 33.0 Å². The smallest absolute Gasteiger partial charge is 0.240 e. The molecule has 1 aliphatic heterocycles. The minimum atomic E-state index is -3.69. The van der Waals surface area contributed by atoms with Crippen LogP contribution in [0.5, 0.6) is 0 Å². The van der Waals surface area contributed by atoms with Crippen molar-refractivity contribution in [1.82, 2.24) is 9.62 Å². The summed E-state index contributed by atoms with van der Waals surface area (Å²) in [5.41, 5.74) is 0. The van der Waals surface area contributed by atoms with Crippen molar-refractivity contribution in [2.75, 3.05) is 19.6 Å². The standard InChI is InChI=1S/C17H21FN2O3S/c18-14-6-8-15(9-7-14)24(21,22)19-13-16(17-5-4-12-23-17)20-10-2-1-3-11-20/h4-9,12,16,19H,1-3,10-11,13H2. The summed E-state index contributed by atoms with van der Waals surface area (Å²) in [5, 5.41) is 0. The monoisotopic (exact) mass is 352 g/mol. The number of likely N-dealkylation sites (tertiary alicyclic amines) is 1. The van der Waals surface area contributed by atoms with Crippen LogP contribution >= 0.6 is 0 Å². The topological polar surface area (TPSA) is 62.6 Å². The van der Waals surface area contributed by atoms with Gasteiger partial charge in [-0.05, 0) is 62.3 Å². The average molecular weight is 352 g/mol. The molecule has 1 aliphatic rings. The van der Waals surface area contributed by atoms with Crippen LogP contribution < -0.4 is 4.72 Å². The van der Waals surface area contributed by atoms with Gasteiger partial charge in [0.25, 0.3) is 0 Å². The first kappa shape index (κ1) is 17.1. The zero-order valence-electron chi connectivity index (χ0n) is 13.3. The zero-order valence-corrected chi connectivity index (χ0v) is 14.1. The van der Waals surface area contributed by atoms with Gasteiger partial charge in [-0.15, -0.1) is 0 Å². The van der Waals surface area contributed by atoms with Gasteiger partial charge in [-0.2, -0.15) is 0 Å². The summed E-state index contributed by atoms with van der Waals surface area (Å²) in [5.74, 6) is 0.287. The van der Waals surface area contributed by atoms with Crippen molar-refractivity contribution in [2.45, 2.75) is 30.2 Å². The van der Waals surface area contributed by atoms with E-state index < -0.39 is 15.8 Å². The molecule has 1 aromatic carbocycles. The highest BCUT2D eigenvalue weighted by Crippen LogP contribution is 2.25. The lowest BCUT2D eigenvalue weighted by molar-refractivity contribution is 0.147. The highest BCUT2D eigenvalue weighted by molar-refractivity contribution is 7.89. The molecule has 3 rings (SSSR count). The maximum Gasteiger partial charge on any atom is 0.240 e. The Morgan fingerprint density at radius 2 is 1.83 bits per heavy atom. The summed E-state index contributed by atoms with van der Waals surface area (Å²) in [7, 11) is -3.69. The summed E-state index contributed by atoms with van der Waals surface area (Å²) in [6, 6.07) is 8.34. The lowest BCUT2D eigenvalue weighted by atomic mass is 10.1. The van der Waals surface area contributed by atoms with Gasteiger partial charge in [-0.1, -0.05) is 6.42 Å². The van der Waals surface area contributed by atoms with Crippen molar-refractivity contribution >= 4 is 10.0 Å². The molecule has 1 fully saturated rings. The van der Waals surface area contributed by atoms with Gasteiger partial charge in [0, 0.05) is 6.54 Å². The molecule has 0 radical (unpaired) electrons. The Bertz CT molecular complexity index is 739. The van der Waals surface area contributed by atoms with Crippen LogP contribution in [0.25, 0.3) is 0 Å². The molecule has 0 amide bonds. The Kier molecular flexibility index (Phi) is 5.33. The summed E-state index contributed by atoms with van der Waals surface area (Å²) in [4.78, 5) is 2.30. The Balaban J connectivity index is 1.74. The number of nitrogens with zero attached hydrogens (tertiary/aromatic N) is 1. The number of nitrogens with one attached hydrogen (secondary N) is 1. The largest absolute Gasteiger partial charge is 0.468 e. The molecule has 0 saturated carbocycles. The van der Waals surface area contributed by atoms with Gasteiger partial charge >= 0.3 is 0 Å². The maximum atomic E-state index is 13.0. The number of sulfonamides is 1. The van der Waals surface area contributed by atoms with E-state index in [2.05, 4.69) is 9.62 Å². The van der Waals surface area contributed by atoms with Crippen molar-refractivity contribution in [3.63, 3.8) is 0 Å². The Labute approximate surface area is 141 Å². The normalized spacial score (nSPS) is 17.7. The molecule has 0 spiro atoms. The first-order chi connectivity index (χ1) is 11.6. The van der Waals surface area contributed by atoms with Gasteiger partial charge in [0.15, 0.2) is 0 Å². The Hall–Kier alpha value is -1.70. The summed E-state index contributed by atoms with van der Waals surface area (Å²) >= 11 is 0. The van der Waals surface area contributed by atoms with Gasteiger partial charge in [0.2, 0.25) is 10.0 Å². The molecule has 2 aromatic rings. The van der Waals surface area contributed by atoms with E-state index in [-0.39, 0.29) is 17.5 Å². The summed E-state index contributed by atoms with van der Waals surface area (Å²) < 4.78 is 46.0. The van der Waals surface area contributed by atoms with Crippen LogP contribution in [0.15, 0.2) is 52.0 Å². The molecule has 1 atom stereocenters. The second kappa shape index (κ2) is 7.46. The Morgan fingerprint density at radius 3 is 2.46 bits per heavy atom. The SMILES string of the molecule is O=S(=O)(NCC(c1ccco1)N1CCCCC1)c1ccc(F)cc1. The first-order valence-electron chi connectivity index (χ1n) is 8.09. The van der Waals surface area contributed by atoms with E-state index in [1.807, 2.05) is 6.07 Å². The van der Waals surface area contributed by atoms with E-state index in [1.165, 1.54) is 18.6 Å². The number of piperidine rings is 1.